The van der Waals surface area contributed by atoms with Crippen molar-refractivity contribution < 1.29 is 9.59 Å². The van der Waals surface area contributed by atoms with Crippen LogP contribution in [0.15, 0.2) is 41.8 Å². The number of halogens is 1. The summed E-state index contributed by atoms with van der Waals surface area (Å²) in [5.74, 6) is -0.108. The van der Waals surface area contributed by atoms with Gasteiger partial charge in [-0.2, -0.15) is 0 Å². The van der Waals surface area contributed by atoms with E-state index in [0.717, 1.165) is 43.4 Å². The molecule has 1 heterocycles. The van der Waals surface area contributed by atoms with Crippen LogP contribution in [0.4, 0.5) is 0 Å². The summed E-state index contributed by atoms with van der Waals surface area (Å²) in [5.41, 5.74) is 0.714. The molecule has 148 valence electrons. The number of hydrogen-bond acceptors (Lipinski definition) is 3. The van der Waals surface area contributed by atoms with E-state index in [4.69, 9.17) is 11.6 Å². The molecule has 2 aromatic rings. The third-order valence-electron chi connectivity index (χ3n) is 5.56. The molecule has 28 heavy (non-hydrogen) atoms. The van der Waals surface area contributed by atoms with Crippen LogP contribution in [0.3, 0.4) is 0 Å². The smallest absolute Gasteiger partial charge is 0.247 e. The van der Waals surface area contributed by atoms with Crippen molar-refractivity contribution in [1.29, 1.82) is 0 Å². The largest absolute Gasteiger partial charge is 0.351 e. The summed E-state index contributed by atoms with van der Waals surface area (Å²) in [6.07, 6.45) is 6.51. The summed E-state index contributed by atoms with van der Waals surface area (Å²) in [6, 6.07) is 11.0. The second-order valence-electron chi connectivity index (χ2n) is 7.70. The number of carbonyl (C=O) groups excluding carboxylic acids is 2. The Hall–Kier alpha value is -1.85. The van der Waals surface area contributed by atoms with Gasteiger partial charge in [-0.05, 0) is 43.2 Å². The fourth-order valence-electron chi connectivity index (χ4n) is 4.03. The van der Waals surface area contributed by atoms with E-state index in [1.807, 2.05) is 35.7 Å². The van der Waals surface area contributed by atoms with Crippen LogP contribution >= 0.6 is 22.9 Å². The molecule has 4 nitrogen and oxygen atoms in total. The highest BCUT2D eigenvalue weighted by Crippen LogP contribution is 2.38. The number of hydrogen-bond donors (Lipinski definition) is 1. The first-order chi connectivity index (χ1) is 13.6. The molecule has 2 aliphatic carbocycles. The lowest BCUT2D eigenvalue weighted by Crippen LogP contribution is -2.47. The Morgan fingerprint density at radius 2 is 1.86 bits per heavy atom. The van der Waals surface area contributed by atoms with Crippen LogP contribution in [-0.4, -0.2) is 28.8 Å². The Labute approximate surface area is 174 Å². The van der Waals surface area contributed by atoms with Crippen LogP contribution in [0, 0.1) is 0 Å². The van der Waals surface area contributed by atoms with E-state index in [0.29, 0.717) is 17.0 Å². The van der Waals surface area contributed by atoms with Gasteiger partial charge in [-0.15, -0.1) is 11.3 Å². The molecule has 0 spiro atoms. The molecular weight excluding hydrogens is 392 g/mol. The first-order valence-corrected chi connectivity index (χ1v) is 11.3. The van der Waals surface area contributed by atoms with Crippen molar-refractivity contribution in [3.8, 4) is 0 Å². The van der Waals surface area contributed by atoms with Crippen LogP contribution in [0.5, 0.6) is 0 Å². The van der Waals surface area contributed by atoms with E-state index < -0.39 is 6.04 Å². The van der Waals surface area contributed by atoms with Crippen LogP contribution in [-0.2, 0) is 16.0 Å². The van der Waals surface area contributed by atoms with Gasteiger partial charge in [-0.3, -0.25) is 9.59 Å². The lowest BCUT2D eigenvalue weighted by Gasteiger charge is -2.33. The summed E-state index contributed by atoms with van der Waals surface area (Å²) < 4.78 is 0. The second kappa shape index (κ2) is 8.66. The van der Waals surface area contributed by atoms with Gasteiger partial charge in [0.15, 0.2) is 0 Å². The maximum atomic E-state index is 13.4. The average Bonchev–Trinajstić information content (AvgIpc) is 3.13. The third kappa shape index (κ3) is 4.41. The summed E-state index contributed by atoms with van der Waals surface area (Å²) in [4.78, 5) is 29.5. The molecule has 0 aliphatic heterocycles. The zero-order chi connectivity index (χ0) is 19.5. The van der Waals surface area contributed by atoms with Gasteiger partial charge in [0.2, 0.25) is 11.8 Å². The fraction of sp³-hybridized carbons (Fsp3) is 0.455. The molecule has 4 rings (SSSR count). The highest BCUT2D eigenvalue weighted by atomic mass is 35.5. The topological polar surface area (TPSA) is 49.4 Å². The molecule has 1 atom stereocenters. The van der Waals surface area contributed by atoms with Crippen LogP contribution in [0.2, 0.25) is 5.02 Å². The molecule has 0 radical (unpaired) electrons. The standard InChI is InChI=1S/C22H25ClN2O2S/c23-19-10-4-3-9-18(19)21(22(27)24-15-6-1-2-7-15)25(16-11-12-16)20(26)14-17-8-5-13-28-17/h3-5,8-10,13,15-16,21H,1-2,6-7,11-12,14H2,(H,24,27). The summed E-state index contributed by atoms with van der Waals surface area (Å²) in [6.45, 7) is 0. The maximum absolute atomic E-state index is 13.4. The van der Waals surface area contributed by atoms with Crippen LogP contribution in [0.25, 0.3) is 0 Å². The average molecular weight is 417 g/mol. The van der Waals surface area contributed by atoms with Gasteiger partial charge in [-0.25, -0.2) is 0 Å². The van der Waals surface area contributed by atoms with E-state index in [1.165, 1.54) is 0 Å². The third-order valence-corrected chi connectivity index (χ3v) is 6.78. The van der Waals surface area contributed by atoms with Gasteiger partial charge in [-0.1, -0.05) is 48.7 Å². The zero-order valence-corrected chi connectivity index (χ0v) is 17.3. The highest BCUT2D eigenvalue weighted by Gasteiger charge is 2.42. The lowest BCUT2D eigenvalue weighted by atomic mass is 10.0. The molecule has 0 bridgehead atoms. The molecule has 2 fully saturated rings. The normalized spacial score (nSPS) is 18.0. The van der Waals surface area contributed by atoms with Crippen molar-refractivity contribution in [3.05, 3.63) is 57.2 Å². The molecule has 2 amide bonds. The molecule has 6 heteroatoms. The van der Waals surface area contributed by atoms with Gasteiger partial charge in [0, 0.05) is 27.5 Å². The molecule has 2 aliphatic rings. The Kier molecular flexibility index (Phi) is 6.02. The molecule has 2 saturated carbocycles. The molecule has 0 saturated heterocycles. The number of rotatable bonds is 7. The van der Waals surface area contributed by atoms with Crippen molar-refractivity contribution in [2.24, 2.45) is 0 Å². The molecule has 1 unspecified atom stereocenters. The minimum Gasteiger partial charge on any atom is -0.351 e. The predicted molar refractivity (Wildman–Crippen MR) is 112 cm³/mol. The number of amides is 2. The number of benzene rings is 1. The summed E-state index contributed by atoms with van der Waals surface area (Å²) in [7, 11) is 0. The molecule has 1 aromatic carbocycles. The number of nitrogens with zero attached hydrogens (tertiary/aromatic N) is 1. The van der Waals surface area contributed by atoms with Crippen molar-refractivity contribution in [3.63, 3.8) is 0 Å². The van der Waals surface area contributed by atoms with Crippen LogP contribution in [0.1, 0.15) is 55.0 Å². The summed E-state index contributed by atoms with van der Waals surface area (Å²) >= 11 is 8.05. The number of carbonyl (C=O) groups is 2. The van der Waals surface area contributed by atoms with Crippen molar-refractivity contribution >= 4 is 34.8 Å². The van der Waals surface area contributed by atoms with E-state index in [1.54, 1.807) is 22.3 Å². The Morgan fingerprint density at radius 1 is 1.11 bits per heavy atom. The van der Waals surface area contributed by atoms with Gasteiger partial charge in [0.05, 0.1) is 6.42 Å². The maximum Gasteiger partial charge on any atom is 0.247 e. The molecule has 1 N–H and O–H groups in total. The summed E-state index contributed by atoms with van der Waals surface area (Å²) in [5, 5.41) is 5.70. The van der Waals surface area contributed by atoms with E-state index in [-0.39, 0.29) is 23.9 Å². The monoisotopic (exact) mass is 416 g/mol. The van der Waals surface area contributed by atoms with E-state index >= 15 is 0 Å². The van der Waals surface area contributed by atoms with Crippen LogP contribution < -0.4 is 5.32 Å². The van der Waals surface area contributed by atoms with E-state index in [2.05, 4.69) is 5.32 Å². The Balaban J connectivity index is 1.64. The highest BCUT2D eigenvalue weighted by molar-refractivity contribution is 7.10. The van der Waals surface area contributed by atoms with E-state index in [9.17, 15) is 9.59 Å². The number of thiophene rings is 1. The minimum atomic E-state index is -0.672. The quantitative estimate of drug-likeness (QED) is 0.708. The Morgan fingerprint density at radius 3 is 2.50 bits per heavy atom. The van der Waals surface area contributed by atoms with Gasteiger partial charge >= 0.3 is 0 Å². The Bertz CT molecular complexity index is 829. The van der Waals surface area contributed by atoms with Gasteiger partial charge in [0.1, 0.15) is 6.04 Å². The zero-order valence-electron chi connectivity index (χ0n) is 15.8. The number of nitrogens with one attached hydrogen (secondary N) is 1. The predicted octanol–water partition coefficient (Wildman–Crippen LogP) is 4.74. The fourth-order valence-corrected chi connectivity index (χ4v) is 4.96. The van der Waals surface area contributed by atoms with Crippen molar-refractivity contribution in [1.82, 2.24) is 10.2 Å². The molecule has 1 aromatic heterocycles. The minimum absolute atomic E-state index is 0.00329. The second-order valence-corrected chi connectivity index (χ2v) is 9.14. The first-order valence-electron chi connectivity index (χ1n) is 10.0. The van der Waals surface area contributed by atoms with Gasteiger partial charge in [0.25, 0.3) is 0 Å². The SMILES string of the molecule is O=C(NC1CCCC1)C(c1ccccc1Cl)N(C(=O)Cc1cccs1)C1CC1. The van der Waals surface area contributed by atoms with Crippen molar-refractivity contribution in [2.45, 2.75) is 63.1 Å². The lowest BCUT2D eigenvalue weighted by molar-refractivity contribution is -0.141. The first kappa shape index (κ1) is 19.5. The van der Waals surface area contributed by atoms with Gasteiger partial charge < -0.3 is 10.2 Å². The van der Waals surface area contributed by atoms with Crippen molar-refractivity contribution in [2.75, 3.05) is 0 Å². The molecular formula is C22H25ClN2O2S.